The zero-order valence-electron chi connectivity index (χ0n) is 13.1. The van der Waals surface area contributed by atoms with E-state index in [0.717, 1.165) is 13.2 Å². The first-order valence-corrected chi connectivity index (χ1v) is 7.42. The second-order valence-electron chi connectivity index (χ2n) is 6.76. The molecule has 20 heavy (non-hydrogen) atoms. The third-order valence-electron chi connectivity index (χ3n) is 4.66. The Morgan fingerprint density at radius 3 is 2.40 bits per heavy atom. The highest BCUT2D eigenvalue weighted by atomic mass is 16.5. The number of hydrogen-bond acceptors (Lipinski definition) is 2. The normalized spacial score (nSPS) is 28.1. The van der Waals surface area contributed by atoms with Crippen LogP contribution >= 0.6 is 0 Å². The van der Waals surface area contributed by atoms with E-state index in [1.54, 1.807) is 0 Å². The molecule has 0 N–H and O–H groups in total. The van der Waals surface area contributed by atoms with Gasteiger partial charge in [0, 0.05) is 5.92 Å². The third-order valence-corrected chi connectivity index (χ3v) is 4.66. The summed E-state index contributed by atoms with van der Waals surface area (Å²) < 4.78 is 12.1. The molecule has 108 valence electrons. The van der Waals surface area contributed by atoms with Gasteiger partial charge in [-0.05, 0) is 63.0 Å². The molecule has 0 bridgehead atoms. The van der Waals surface area contributed by atoms with Crippen molar-refractivity contribution < 1.29 is 9.47 Å². The van der Waals surface area contributed by atoms with Crippen LogP contribution in [0.5, 0.6) is 0 Å². The van der Waals surface area contributed by atoms with Crippen molar-refractivity contribution in [3.63, 3.8) is 0 Å². The van der Waals surface area contributed by atoms with Crippen LogP contribution in [0.15, 0.2) is 23.8 Å². The quantitative estimate of drug-likeness (QED) is 0.718. The Balaban J connectivity index is 2.05. The summed E-state index contributed by atoms with van der Waals surface area (Å²) >= 11 is 0. The molecule has 2 aliphatic rings. The number of fused-ring (bicyclic) bond motifs is 1. The van der Waals surface area contributed by atoms with E-state index in [1.807, 2.05) is 0 Å². The number of aryl methyl sites for hydroxylation is 3. The number of ether oxygens (including phenoxy) is 2. The Hall–Kier alpha value is -1.12. The molecule has 0 unspecified atom stereocenters. The molecule has 0 radical (unpaired) electrons. The van der Waals surface area contributed by atoms with Crippen LogP contribution in [0.1, 0.15) is 42.2 Å². The fraction of sp³-hybridized carbons (Fsp3) is 0.556. The Morgan fingerprint density at radius 2 is 1.75 bits per heavy atom. The number of rotatable bonds is 1. The lowest BCUT2D eigenvalue weighted by atomic mass is 9.81. The fourth-order valence-corrected chi connectivity index (χ4v) is 3.73. The van der Waals surface area contributed by atoms with Crippen LogP contribution in [0.3, 0.4) is 0 Å². The molecule has 3 rings (SSSR count). The first kappa shape index (κ1) is 13.8. The Kier molecular flexibility index (Phi) is 3.26. The maximum absolute atomic E-state index is 6.42. The summed E-state index contributed by atoms with van der Waals surface area (Å²) in [4.78, 5) is 0. The molecule has 1 aromatic rings. The Bertz CT molecular complexity index is 546. The van der Waals surface area contributed by atoms with E-state index in [-0.39, 0.29) is 11.7 Å². The van der Waals surface area contributed by atoms with Gasteiger partial charge >= 0.3 is 0 Å². The van der Waals surface area contributed by atoms with Crippen LogP contribution in [-0.2, 0) is 9.47 Å². The van der Waals surface area contributed by atoms with Crippen molar-refractivity contribution in [3.05, 3.63) is 46.0 Å². The largest absolute Gasteiger partial charge is 0.376 e. The standard InChI is InChI=1S/C18H24O2/c1-11-6-12(2)17(13(3)7-11)16-8-14-9-19-10-15(14)18(4,5)20-16/h6-8,15-16H,9-10H2,1-5H3/t15-,16+/m1/s1. The molecule has 2 atom stereocenters. The van der Waals surface area contributed by atoms with Gasteiger partial charge in [-0.25, -0.2) is 0 Å². The minimum atomic E-state index is -0.158. The van der Waals surface area contributed by atoms with Crippen molar-refractivity contribution in [2.24, 2.45) is 5.92 Å². The highest BCUT2D eigenvalue weighted by Crippen LogP contribution is 2.44. The summed E-state index contributed by atoms with van der Waals surface area (Å²) in [5.41, 5.74) is 6.52. The zero-order valence-corrected chi connectivity index (χ0v) is 13.1. The molecule has 0 aliphatic carbocycles. The topological polar surface area (TPSA) is 18.5 Å². The maximum atomic E-state index is 6.42. The van der Waals surface area contributed by atoms with Gasteiger partial charge in [0.25, 0.3) is 0 Å². The van der Waals surface area contributed by atoms with E-state index >= 15 is 0 Å². The van der Waals surface area contributed by atoms with Gasteiger partial charge in [-0.2, -0.15) is 0 Å². The van der Waals surface area contributed by atoms with Crippen LogP contribution in [0.25, 0.3) is 0 Å². The van der Waals surface area contributed by atoms with E-state index in [0.29, 0.717) is 5.92 Å². The van der Waals surface area contributed by atoms with Crippen molar-refractivity contribution in [1.82, 2.24) is 0 Å². The van der Waals surface area contributed by atoms with E-state index < -0.39 is 0 Å². The molecule has 1 saturated heterocycles. The third kappa shape index (κ3) is 2.21. The lowest BCUT2D eigenvalue weighted by Gasteiger charge is -2.40. The minimum Gasteiger partial charge on any atom is -0.376 e. The van der Waals surface area contributed by atoms with Gasteiger partial charge in [0.05, 0.1) is 18.8 Å². The van der Waals surface area contributed by atoms with Crippen LogP contribution in [0.2, 0.25) is 0 Å². The van der Waals surface area contributed by atoms with Gasteiger partial charge in [0.1, 0.15) is 6.10 Å². The van der Waals surface area contributed by atoms with Gasteiger partial charge in [-0.3, -0.25) is 0 Å². The van der Waals surface area contributed by atoms with Crippen LogP contribution in [-0.4, -0.2) is 18.8 Å². The van der Waals surface area contributed by atoms with Crippen molar-refractivity contribution in [3.8, 4) is 0 Å². The van der Waals surface area contributed by atoms with Crippen LogP contribution in [0, 0.1) is 26.7 Å². The molecule has 0 aromatic heterocycles. The monoisotopic (exact) mass is 272 g/mol. The Labute approximate surface area is 121 Å². The predicted molar refractivity (Wildman–Crippen MR) is 81.0 cm³/mol. The van der Waals surface area contributed by atoms with Gasteiger partial charge in [-0.1, -0.05) is 17.7 Å². The molecule has 2 heteroatoms. The van der Waals surface area contributed by atoms with Crippen LogP contribution < -0.4 is 0 Å². The lowest BCUT2D eigenvalue weighted by molar-refractivity contribution is -0.0937. The summed E-state index contributed by atoms with van der Waals surface area (Å²) in [5, 5.41) is 0. The van der Waals surface area contributed by atoms with Crippen molar-refractivity contribution in [2.75, 3.05) is 13.2 Å². The average Bonchev–Trinajstić information content (AvgIpc) is 2.75. The lowest BCUT2D eigenvalue weighted by Crippen LogP contribution is -2.40. The summed E-state index contributed by atoms with van der Waals surface area (Å²) in [7, 11) is 0. The predicted octanol–water partition coefficient (Wildman–Crippen LogP) is 4.03. The molecular weight excluding hydrogens is 248 g/mol. The molecule has 0 amide bonds. The first-order chi connectivity index (χ1) is 9.38. The average molecular weight is 272 g/mol. The molecule has 1 fully saturated rings. The van der Waals surface area contributed by atoms with Crippen molar-refractivity contribution >= 4 is 0 Å². The Morgan fingerprint density at radius 1 is 1.10 bits per heavy atom. The van der Waals surface area contributed by atoms with E-state index in [1.165, 1.54) is 27.8 Å². The smallest absolute Gasteiger partial charge is 0.102 e. The summed E-state index contributed by atoms with van der Waals surface area (Å²) in [6, 6.07) is 4.49. The van der Waals surface area contributed by atoms with Crippen molar-refractivity contribution in [2.45, 2.75) is 46.3 Å². The van der Waals surface area contributed by atoms with Crippen LogP contribution in [0.4, 0.5) is 0 Å². The number of benzene rings is 1. The highest BCUT2D eigenvalue weighted by molar-refractivity contribution is 5.42. The summed E-state index contributed by atoms with van der Waals surface area (Å²) in [6.45, 7) is 12.4. The second-order valence-corrected chi connectivity index (χ2v) is 6.76. The first-order valence-electron chi connectivity index (χ1n) is 7.42. The fourth-order valence-electron chi connectivity index (χ4n) is 3.73. The van der Waals surface area contributed by atoms with E-state index in [9.17, 15) is 0 Å². The highest BCUT2D eigenvalue weighted by Gasteiger charge is 2.42. The second kappa shape index (κ2) is 4.71. The van der Waals surface area contributed by atoms with Gasteiger partial charge in [0.2, 0.25) is 0 Å². The maximum Gasteiger partial charge on any atom is 0.102 e. The van der Waals surface area contributed by atoms with E-state index in [2.05, 4.69) is 52.8 Å². The van der Waals surface area contributed by atoms with Gasteiger partial charge in [0.15, 0.2) is 0 Å². The molecule has 1 aromatic carbocycles. The molecule has 0 saturated carbocycles. The molecular formula is C18H24O2. The summed E-state index contributed by atoms with van der Waals surface area (Å²) in [5.74, 6) is 0.407. The summed E-state index contributed by atoms with van der Waals surface area (Å²) in [6.07, 6.45) is 2.34. The minimum absolute atomic E-state index is 0.0542. The number of hydrogen-bond donors (Lipinski definition) is 0. The SMILES string of the molecule is Cc1cc(C)c([C@@H]2C=C3COC[C@H]3C(C)(C)O2)c(C)c1. The van der Waals surface area contributed by atoms with Gasteiger partial charge in [-0.15, -0.1) is 0 Å². The molecule has 0 spiro atoms. The van der Waals surface area contributed by atoms with E-state index in [4.69, 9.17) is 9.47 Å². The molecule has 2 heterocycles. The molecule has 2 aliphatic heterocycles. The van der Waals surface area contributed by atoms with Gasteiger partial charge < -0.3 is 9.47 Å². The zero-order chi connectivity index (χ0) is 14.5. The van der Waals surface area contributed by atoms with Crippen molar-refractivity contribution in [1.29, 1.82) is 0 Å². The molecule has 2 nitrogen and oxygen atoms in total.